The van der Waals surface area contributed by atoms with E-state index in [9.17, 15) is 9.90 Å². The minimum Gasteiger partial charge on any atom is -0.445 e. The lowest BCUT2D eigenvalue weighted by Crippen LogP contribution is -2.34. The summed E-state index contributed by atoms with van der Waals surface area (Å²) in [6.07, 6.45) is 3.58. The number of benzene rings is 2. The van der Waals surface area contributed by atoms with Crippen LogP contribution in [-0.4, -0.2) is 28.3 Å². The van der Waals surface area contributed by atoms with E-state index >= 15 is 0 Å². The molecule has 0 saturated carbocycles. The lowest BCUT2D eigenvalue weighted by molar-refractivity contribution is 0.115. The number of aliphatic hydroxyl groups is 1. The lowest BCUT2D eigenvalue weighted by Gasteiger charge is -2.24. The van der Waals surface area contributed by atoms with Gasteiger partial charge in [-0.3, -0.25) is 4.98 Å². The van der Waals surface area contributed by atoms with Gasteiger partial charge in [0.25, 0.3) is 0 Å². The van der Waals surface area contributed by atoms with Gasteiger partial charge in [-0.05, 0) is 36.5 Å². The highest BCUT2D eigenvalue weighted by Crippen LogP contribution is 2.21. The van der Waals surface area contributed by atoms with Crippen molar-refractivity contribution in [1.82, 2.24) is 10.3 Å². The number of aliphatic hydroxyl groups excluding tert-OH is 1. The van der Waals surface area contributed by atoms with Gasteiger partial charge in [-0.15, -0.1) is 0 Å². The van der Waals surface area contributed by atoms with E-state index in [4.69, 9.17) is 10.5 Å². The Hall–Kier alpha value is -3.22. The van der Waals surface area contributed by atoms with Crippen LogP contribution in [0.1, 0.15) is 35.6 Å². The number of amides is 1. The van der Waals surface area contributed by atoms with Crippen molar-refractivity contribution in [2.24, 2.45) is 5.73 Å². The minimum atomic E-state index is -0.664. The van der Waals surface area contributed by atoms with Crippen LogP contribution in [0.25, 0.3) is 0 Å². The molecule has 2 aromatic carbocycles. The van der Waals surface area contributed by atoms with E-state index in [0.29, 0.717) is 19.3 Å². The minimum absolute atomic E-state index is 0.131. The molecule has 0 spiro atoms. The molecule has 0 radical (unpaired) electrons. The molecule has 3 aromatic rings. The van der Waals surface area contributed by atoms with Crippen molar-refractivity contribution in [3.8, 4) is 0 Å². The summed E-state index contributed by atoms with van der Waals surface area (Å²) in [4.78, 5) is 16.4. The second-order valence-electron chi connectivity index (χ2n) is 7.62. The molecular formula is C25H29N3O3. The van der Waals surface area contributed by atoms with Crippen LogP contribution in [0.5, 0.6) is 0 Å². The predicted octanol–water partition coefficient (Wildman–Crippen LogP) is 3.76. The van der Waals surface area contributed by atoms with E-state index in [1.807, 2.05) is 66.7 Å². The third-order valence-electron chi connectivity index (χ3n) is 5.01. The van der Waals surface area contributed by atoms with Crippen molar-refractivity contribution in [1.29, 1.82) is 0 Å². The maximum Gasteiger partial charge on any atom is 0.407 e. The number of carbonyl (C=O) groups excluding carboxylic acids is 1. The fourth-order valence-corrected chi connectivity index (χ4v) is 3.50. The Bertz CT molecular complexity index is 907. The van der Waals surface area contributed by atoms with E-state index in [1.165, 1.54) is 0 Å². The quantitative estimate of drug-likeness (QED) is 0.465. The molecule has 0 aliphatic rings. The van der Waals surface area contributed by atoms with Crippen LogP contribution in [-0.2, 0) is 17.8 Å². The van der Waals surface area contributed by atoms with E-state index in [0.717, 1.165) is 16.7 Å². The van der Waals surface area contributed by atoms with Crippen molar-refractivity contribution < 1.29 is 14.6 Å². The summed E-state index contributed by atoms with van der Waals surface area (Å²) < 4.78 is 5.33. The maximum absolute atomic E-state index is 12.4. The number of alkyl carbamates (subject to hydrolysis) is 1. The van der Waals surface area contributed by atoms with Gasteiger partial charge in [0, 0.05) is 24.0 Å². The van der Waals surface area contributed by atoms with Crippen LogP contribution >= 0.6 is 0 Å². The van der Waals surface area contributed by atoms with E-state index < -0.39 is 12.2 Å². The SMILES string of the molecule is NC(Cc1ccccc1)CC(O)CC(NC(=O)OCc1cccnc1)c1ccccc1. The standard InChI is InChI=1S/C25H29N3O3/c26-22(14-19-8-3-1-4-9-19)15-23(29)16-24(21-11-5-2-6-12-21)28-25(30)31-18-20-10-7-13-27-17-20/h1-13,17,22-24,29H,14-16,18,26H2,(H,28,30). The van der Waals surface area contributed by atoms with Crippen LogP contribution in [0.15, 0.2) is 85.2 Å². The number of hydrogen-bond acceptors (Lipinski definition) is 5. The van der Waals surface area contributed by atoms with E-state index in [-0.39, 0.29) is 18.7 Å². The normalized spacial score (nSPS) is 13.7. The number of ether oxygens (including phenoxy) is 1. The molecule has 3 atom stereocenters. The molecule has 6 nitrogen and oxygen atoms in total. The van der Waals surface area contributed by atoms with Gasteiger partial charge >= 0.3 is 6.09 Å². The number of nitrogens with two attached hydrogens (primary N) is 1. The summed E-state index contributed by atoms with van der Waals surface area (Å²) in [5.41, 5.74) is 9.10. The first-order valence-corrected chi connectivity index (χ1v) is 10.4. The van der Waals surface area contributed by atoms with Crippen LogP contribution in [0.2, 0.25) is 0 Å². The van der Waals surface area contributed by atoms with Gasteiger partial charge < -0.3 is 20.9 Å². The molecule has 0 aliphatic heterocycles. The smallest absolute Gasteiger partial charge is 0.407 e. The van der Waals surface area contributed by atoms with Gasteiger partial charge in [0.15, 0.2) is 0 Å². The second-order valence-corrected chi connectivity index (χ2v) is 7.62. The molecule has 0 aliphatic carbocycles. The fraction of sp³-hybridized carbons (Fsp3) is 0.280. The highest BCUT2D eigenvalue weighted by atomic mass is 16.5. The highest BCUT2D eigenvalue weighted by molar-refractivity contribution is 5.68. The Labute approximate surface area is 183 Å². The predicted molar refractivity (Wildman–Crippen MR) is 120 cm³/mol. The largest absolute Gasteiger partial charge is 0.445 e. The summed E-state index contributed by atoms with van der Waals surface area (Å²) >= 11 is 0. The number of nitrogens with one attached hydrogen (secondary N) is 1. The van der Waals surface area contributed by atoms with Crippen molar-refractivity contribution in [3.05, 3.63) is 102 Å². The zero-order chi connectivity index (χ0) is 21.9. The number of rotatable bonds is 10. The summed E-state index contributed by atoms with van der Waals surface area (Å²) in [5.74, 6) is 0. The second kappa shape index (κ2) is 11.8. The summed E-state index contributed by atoms with van der Waals surface area (Å²) in [5, 5.41) is 13.5. The number of nitrogens with zero attached hydrogens (tertiary/aromatic N) is 1. The molecule has 1 amide bonds. The first-order chi connectivity index (χ1) is 15.1. The average Bonchev–Trinajstić information content (AvgIpc) is 2.79. The van der Waals surface area contributed by atoms with Gasteiger partial charge in [0.1, 0.15) is 6.61 Å². The van der Waals surface area contributed by atoms with Crippen LogP contribution in [0.3, 0.4) is 0 Å². The molecule has 0 bridgehead atoms. The zero-order valence-electron chi connectivity index (χ0n) is 17.4. The van der Waals surface area contributed by atoms with Gasteiger partial charge in [-0.25, -0.2) is 4.79 Å². The molecule has 0 fully saturated rings. The van der Waals surface area contributed by atoms with Crippen molar-refractivity contribution >= 4 is 6.09 Å². The van der Waals surface area contributed by atoms with Crippen LogP contribution in [0.4, 0.5) is 4.79 Å². The van der Waals surface area contributed by atoms with Gasteiger partial charge in [0.05, 0.1) is 12.1 Å². The number of hydrogen-bond donors (Lipinski definition) is 3. The summed E-state index contributed by atoms with van der Waals surface area (Å²) in [6.45, 7) is 0.131. The first kappa shape index (κ1) is 22.5. The molecular weight excluding hydrogens is 390 g/mol. The van der Waals surface area contributed by atoms with Gasteiger partial charge in [0.2, 0.25) is 0 Å². The van der Waals surface area contributed by atoms with Crippen LogP contribution in [0, 0.1) is 0 Å². The van der Waals surface area contributed by atoms with Crippen LogP contribution < -0.4 is 11.1 Å². The molecule has 1 aromatic heterocycles. The van der Waals surface area contributed by atoms with Crippen molar-refractivity contribution in [2.45, 2.75) is 44.1 Å². The van der Waals surface area contributed by atoms with Gasteiger partial charge in [-0.2, -0.15) is 0 Å². The maximum atomic E-state index is 12.4. The first-order valence-electron chi connectivity index (χ1n) is 10.4. The van der Waals surface area contributed by atoms with Gasteiger partial charge in [-0.1, -0.05) is 66.7 Å². The monoisotopic (exact) mass is 419 g/mol. The molecule has 3 rings (SSSR count). The Kier molecular flexibility index (Phi) is 8.58. The molecule has 4 N–H and O–H groups in total. The van der Waals surface area contributed by atoms with Crippen molar-refractivity contribution in [2.75, 3.05) is 0 Å². The lowest BCUT2D eigenvalue weighted by atomic mass is 9.95. The Morgan fingerprint density at radius 3 is 2.32 bits per heavy atom. The molecule has 31 heavy (non-hydrogen) atoms. The highest BCUT2D eigenvalue weighted by Gasteiger charge is 2.21. The topological polar surface area (TPSA) is 97.5 Å². The summed E-state index contributed by atoms with van der Waals surface area (Å²) in [6, 6.07) is 22.6. The Morgan fingerprint density at radius 2 is 1.65 bits per heavy atom. The number of aromatic nitrogens is 1. The summed E-state index contributed by atoms with van der Waals surface area (Å²) in [7, 11) is 0. The number of carbonyl (C=O) groups is 1. The Morgan fingerprint density at radius 1 is 0.968 bits per heavy atom. The average molecular weight is 420 g/mol. The molecule has 6 heteroatoms. The molecule has 1 heterocycles. The molecule has 0 saturated heterocycles. The number of pyridine rings is 1. The molecule has 162 valence electrons. The fourth-order valence-electron chi connectivity index (χ4n) is 3.50. The zero-order valence-corrected chi connectivity index (χ0v) is 17.4. The van der Waals surface area contributed by atoms with E-state index in [2.05, 4.69) is 10.3 Å². The molecule has 3 unspecified atom stereocenters. The Balaban J connectivity index is 1.56. The van der Waals surface area contributed by atoms with Crippen molar-refractivity contribution in [3.63, 3.8) is 0 Å². The third-order valence-corrected chi connectivity index (χ3v) is 5.01. The third kappa shape index (κ3) is 7.85. The van der Waals surface area contributed by atoms with E-state index in [1.54, 1.807) is 18.5 Å².